The molecule has 0 saturated carbocycles. The fourth-order valence-corrected chi connectivity index (χ4v) is 1.14. The van der Waals surface area contributed by atoms with E-state index in [1.165, 1.54) is 0 Å². The molecule has 1 rings (SSSR count). The summed E-state index contributed by atoms with van der Waals surface area (Å²) in [6, 6.07) is 0. The van der Waals surface area contributed by atoms with E-state index in [2.05, 4.69) is 29.4 Å². The lowest BCUT2D eigenvalue weighted by atomic mass is 10.2. The van der Waals surface area contributed by atoms with Gasteiger partial charge in [0.05, 0.1) is 6.17 Å². The van der Waals surface area contributed by atoms with Crippen molar-refractivity contribution in [3.8, 4) is 0 Å². The quantitative estimate of drug-likeness (QED) is 0.609. The van der Waals surface area contributed by atoms with Crippen molar-refractivity contribution in [2.45, 2.75) is 32.4 Å². The van der Waals surface area contributed by atoms with Crippen molar-refractivity contribution in [3.63, 3.8) is 0 Å². The molecule has 0 fully saturated rings. The zero-order chi connectivity index (χ0) is 7.94. The van der Waals surface area contributed by atoms with Crippen LogP contribution in [-0.2, 0) is 0 Å². The van der Waals surface area contributed by atoms with E-state index in [1.54, 1.807) is 0 Å². The normalized spacial score (nSPS) is 23.5. The highest BCUT2D eigenvalue weighted by atomic mass is 15.1. The van der Waals surface area contributed by atoms with Crippen LogP contribution in [0.25, 0.3) is 0 Å². The molecule has 2 nitrogen and oxygen atoms in total. The summed E-state index contributed by atoms with van der Waals surface area (Å²) in [5.41, 5.74) is 0. The summed E-state index contributed by atoms with van der Waals surface area (Å²) >= 11 is 0. The van der Waals surface area contributed by atoms with E-state index >= 15 is 0 Å². The number of rotatable bonds is 4. The van der Waals surface area contributed by atoms with Crippen molar-refractivity contribution < 1.29 is 0 Å². The third-order valence-corrected chi connectivity index (χ3v) is 1.74. The summed E-state index contributed by atoms with van der Waals surface area (Å²) in [4.78, 5) is 4.26. The van der Waals surface area contributed by atoms with Crippen LogP contribution >= 0.6 is 0 Å². The van der Waals surface area contributed by atoms with Gasteiger partial charge in [0.25, 0.3) is 0 Å². The number of hydrogen-bond acceptors (Lipinski definition) is 2. The Morgan fingerprint density at radius 3 is 3.18 bits per heavy atom. The van der Waals surface area contributed by atoms with Gasteiger partial charge in [0.15, 0.2) is 0 Å². The maximum Gasteiger partial charge on any atom is 0.0996 e. The first kappa shape index (κ1) is 8.47. The monoisotopic (exact) mass is 152 g/mol. The summed E-state index contributed by atoms with van der Waals surface area (Å²) in [5, 5.41) is 3.28. The Hall–Kier alpha value is -0.630. The van der Waals surface area contributed by atoms with Crippen molar-refractivity contribution >= 4 is 6.21 Å². The molecule has 0 aromatic carbocycles. The average Bonchev–Trinajstić information content (AvgIpc) is 2.50. The van der Waals surface area contributed by atoms with E-state index in [0.29, 0.717) is 6.17 Å². The van der Waals surface area contributed by atoms with Crippen LogP contribution in [0, 0.1) is 0 Å². The van der Waals surface area contributed by atoms with Gasteiger partial charge in [0, 0.05) is 12.8 Å². The maximum atomic E-state index is 4.26. The summed E-state index contributed by atoms with van der Waals surface area (Å²) < 4.78 is 0. The standard InChI is InChI=1S/C9H16N2/c1-2-3-4-5-6-9-10-7-8-11-9/h3-4,7,9,11H,2,5-6,8H2,1H3/b4-3+. The van der Waals surface area contributed by atoms with Crippen LogP contribution in [-0.4, -0.2) is 18.9 Å². The topological polar surface area (TPSA) is 24.4 Å². The van der Waals surface area contributed by atoms with Crippen LogP contribution in [0.4, 0.5) is 0 Å². The SMILES string of the molecule is CC/C=C/CCC1N=CCN1. The fraction of sp³-hybridized carbons (Fsp3) is 0.667. The number of nitrogens with one attached hydrogen (secondary N) is 1. The molecule has 1 unspecified atom stereocenters. The minimum absolute atomic E-state index is 0.386. The molecule has 62 valence electrons. The Balaban J connectivity index is 2.02. The Morgan fingerprint density at radius 2 is 2.55 bits per heavy atom. The molecule has 1 heterocycles. The summed E-state index contributed by atoms with van der Waals surface area (Å²) in [6.45, 7) is 3.10. The summed E-state index contributed by atoms with van der Waals surface area (Å²) in [5.74, 6) is 0. The molecule has 1 aliphatic rings. The number of hydrogen-bond donors (Lipinski definition) is 1. The largest absolute Gasteiger partial charge is 0.291 e. The summed E-state index contributed by atoms with van der Waals surface area (Å²) in [6.07, 6.45) is 10.2. The van der Waals surface area contributed by atoms with Gasteiger partial charge in [-0.15, -0.1) is 0 Å². The van der Waals surface area contributed by atoms with Gasteiger partial charge in [-0.2, -0.15) is 0 Å². The second-order valence-corrected chi connectivity index (χ2v) is 2.71. The molecule has 2 heteroatoms. The molecule has 0 aromatic rings. The lowest BCUT2D eigenvalue weighted by Crippen LogP contribution is -2.21. The first-order valence-corrected chi connectivity index (χ1v) is 4.33. The molecule has 0 spiro atoms. The fourth-order valence-electron chi connectivity index (χ4n) is 1.14. The lowest BCUT2D eigenvalue weighted by Gasteiger charge is -2.04. The van der Waals surface area contributed by atoms with Crippen molar-refractivity contribution in [1.29, 1.82) is 0 Å². The van der Waals surface area contributed by atoms with Crippen LogP contribution in [0.3, 0.4) is 0 Å². The molecular formula is C9H16N2. The second-order valence-electron chi connectivity index (χ2n) is 2.71. The van der Waals surface area contributed by atoms with Crippen LogP contribution in [0.2, 0.25) is 0 Å². The smallest absolute Gasteiger partial charge is 0.0996 e. The molecule has 0 amide bonds. The number of nitrogens with zero attached hydrogens (tertiary/aromatic N) is 1. The number of aliphatic imine (C=N–C) groups is 1. The minimum Gasteiger partial charge on any atom is -0.291 e. The van der Waals surface area contributed by atoms with Crippen LogP contribution in [0.1, 0.15) is 26.2 Å². The maximum absolute atomic E-state index is 4.26. The highest BCUT2D eigenvalue weighted by molar-refractivity contribution is 5.61. The Bertz CT molecular complexity index is 150. The number of allylic oxidation sites excluding steroid dienone is 2. The van der Waals surface area contributed by atoms with Crippen LogP contribution in [0.15, 0.2) is 17.1 Å². The van der Waals surface area contributed by atoms with E-state index in [4.69, 9.17) is 0 Å². The molecule has 0 bridgehead atoms. The first-order chi connectivity index (χ1) is 5.43. The van der Waals surface area contributed by atoms with Gasteiger partial charge >= 0.3 is 0 Å². The highest BCUT2D eigenvalue weighted by Gasteiger charge is 2.06. The third kappa shape index (κ3) is 3.33. The molecule has 0 aromatic heterocycles. The van der Waals surface area contributed by atoms with E-state index in [-0.39, 0.29) is 0 Å². The van der Waals surface area contributed by atoms with Crippen molar-refractivity contribution in [2.75, 3.05) is 6.54 Å². The Morgan fingerprint density at radius 1 is 1.64 bits per heavy atom. The van der Waals surface area contributed by atoms with Crippen molar-refractivity contribution in [3.05, 3.63) is 12.2 Å². The first-order valence-electron chi connectivity index (χ1n) is 4.33. The van der Waals surface area contributed by atoms with E-state index in [1.807, 2.05) is 6.21 Å². The summed E-state index contributed by atoms with van der Waals surface area (Å²) in [7, 11) is 0. The molecule has 0 radical (unpaired) electrons. The highest BCUT2D eigenvalue weighted by Crippen LogP contribution is 2.02. The van der Waals surface area contributed by atoms with Crippen LogP contribution in [0.5, 0.6) is 0 Å². The predicted octanol–water partition coefficient (Wildman–Crippen LogP) is 1.73. The minimum atomic E-state index is 0.386. The van der Waals surface area contributed by atoms with Gasteiger partial charge in [-0.05, 0) is 19.3 Å². The third-order valence-electron chi connectivity index (χ3n) is 1.74. The van der Waals surface area contributed by atoms with Crippen molar-refractivity contribution in [2.24, 2.45) is 4.99 Å². The van der Waals surface area contributed by atoms with Gasteiger partial charge in [-0.3, -0.25) is 10.3 Å². The molecular weight excluding hydrogens is 136 g/mol. The van der Waals surface area contributed by atoms with Gasteiger partial charge in [0.1, 0.15) is 0 Å². The van der Waals surface area contributed by atoms with Gasteiger partial charge in [-0.25, -0.2) is 0 Å². The lowest BCUT2D eigenvalue weighted by molar-refractivity contribution is 0.563. The Kier molecular flexibility index (Phi) is 3.91. The predicted molar refractivity (Wildman–Crippen MR) is 48.9 cm³/mol. The second kappa shape index (κ2) is 5.08. The van der Waals surface area contributed by atoms with Crippen LogP contribution < -0.4 is 5.32 Å². The van der Waals surface area contributed by atoms with E-state index in [0.717, 1.165) is 25.8 Å². The molecule has 1 aliphatic heterocycles. The van der Waals surface area contributed by atoms with E-state index in [9.17, 15) is 0 Å². The Labute approximate surface area is 68.4 Å². The average molecular weight is 152 g/mol. The molecule has 0 saturated heterocycles. The zero-order valence-corrected chi connectivity index (χ0v) is 7.09. The van der Waals surface area contributed by atoms with Gasteiger partial charge < -0.3 is 0 Å². The molecule has 0 aliphatic carbocycles. The van der Waals surface area contributed by atoms with Crippen molar-refractivity contribution in [1.82, 2.24) is 5.32 Å². The molecule has 1 atom stereocenters. The zero-order valence-electron chi connectivity index (χ0n) is 7.09. The molecule has 1 N–H and O–H groups in total. The molecule has 11 heavy (non-hydrogen) atoms. The van der Waals surface area contributed by atoms with E-state index < -0.39 is 0 Å². The van der Waals surface area contributed by atoms with Gasteiger partial charge in [-0.1, -0.05) is 19.1 Å². The van der Waals surface area contributed by atoms with Gasteiger partial charge in [0.2, 0.25) is 0 Å².